The zero-order valence-electron chi connectivity index (χ0n) is 12.5. The predicted molar refractivity (Wildman–Crippen MR) is 69.7 cm³/mol. The van der Waals surface area contributed by atoms with Crippen molar-refractivity contribution in [2.45, 2.75) is 52.7 Å². The van der Waals surface area contributed by atoms with Crippen LogP contribution in [0.25, 0.3) is 0 Å². The second-order valence-electron chi connectivity index (χ2n) is 7.45. The average molecular weight is 269 g/mol. The Balaban J connectivity index is 2.25. The first-order valence-electron chi connectivity index (χ1n) is 6.66. The Kier molecular flexibility index (Phi) is 2.71. The van der Waals surface area contributed by atoms with Crippen LogP contribution in [0.3, 0.4) is 0 Å². The van der Waals surface area contributed by atoms with Crippen LogP contribution in [0.5, 0.6) is 0 Å². The normalized spacial score (nSPS) is 35.8. The average Bonchev–Trinajstić information content (AvgIpc) is 2.59. The number of carboxylic acid groups (broad SMARTS) is 1. The molecule has 0 radical (unpaired) electrons. The van der Waals surface area contributed by atoms with E-state index in [1.165, 1.54) is 4.90 Å². The zero-order valence-corrected chi connectivity index (χ0v) is 12.5. The van der Waals surface area contributed by atoms with Crippen LogP contribution in [0, 0.1) is 17.3 Å². The number of amides is 1. The van der Waals surface area contributed by atoms with Crippen molar-refractivity contribution in [1.82, 2.24) is 4.90 Å². The van der Waals surface area contributed by atoms with E-state index in [0.717, 1.165) is 0 Å². The number of likely N-dealkylation sites (tertiary alicyclic amines) is 1. The van der Waals surface area contributed by atoms with Gasteiger partial charge in [0.1, 0.15) is 11.1 Å². The lowest BCUT2D eigenvalue weighted by atomic mass is 9.89. The molecule has 0 unspecified atom stereocenters. The summed E-state index contributed by atoms with van der Waals surface area (Å²) in [7, 11) is 0. The highest BCUT2D eigenvalue weighted by molar-refractivity contribution is 5.86. The third-order valence-electron chi connectivity index (χ3n) is 4.64. The molecule has 1 saturated carbocycles. The summed E-state index contributed by atoms with van der Waals surface area (Å²) in [6.45, 7) is 11.6. The standard InChI is InChI=1S/C14H23NO4/c1-12(2,3)19-11(18)15-7-8-9(13(8,4)5)14(15,6)10(16)17/h8-9H,7H2,1-6H3,(H,16,17)/t8-,9+,14-/m0/s1. The molecular weight excluding hydrogens is 246 g/mol. The maximum atomic E-state index is 12.2. The van der Waals surface area contributed by atoms with Gasteiger partial charge in [0.15, 0.2) is 0 Å². The van der Waals surface area contributed by atoms with Crippen molar-refractivity contribution in [2.75, 3.05) is 6.54 Å². The monoisotopic (exact) mass is 269 g/mol. The number of rotatable bonds is 1. The molecule has 108 valence electrons. The van der Waals surface area contributed by atoms with Gasteiger partial charge in [0, 0.05) is 12.5 Å². The lowest BCUT2D eigenvalue weighted by molar-refractivity contribution is -0.150. The van der Waals surface area contributed by atoms with Gasteiger partial charge in [0.2, 0.25) is 0 Å². The highest BCUT2D eigenvalue weighted by Gasteiger charge is 2.75. The third kappa shape index (κ3) is 1.90. The molecule has 1 amide bonds. The van der Waals surface area contributed by atoms with Crippen molar-refractivity contribution >= 4 is 12.1 Å². The summed E-state index contributed by atoms with van der Waals surface area (Å²) < 4.78 is 5.33. The largest absolute Gasteiger partial charge is 0.479 e. The summed E-state index contributed by atoms with van der Waals surface area (Å²) in [5, 5.41) is 9.57. The van der Waals surface area contributed by atoms with Crippen molar-refractivity contribution in [3.63, 3.8) is 0 Å². The van der Waals surface area contributed by atoms with Gasteiger partial charge in [-0.15, -0.1) is 0 Å². The van der Waals surface area contributed by atoms with Crippen LogP contribution in [-0.4, -0.2) is 39.8 Å². The molecule has 2 fully saturated rings. The van der Waals surface area contributed by atoms with Gasteiger partial charge in [0.25, 0.3) is 0 Å². The maximum absolute atomic E-state index is 12.2. The van der Waals surface area contributed by atoms with Gasteiger partial charge >= 0.3 is 12.1 Å². The molecule has 19 heavy (non-hydrogen) atoms. The fourth-order valence-corrected chi connectivity index (χ4v) is 3.58. The maximum Gasteiger partial charge on any atom is 0.411 e. The topological polar surface area (TPSA) is 66.8 Å². The van der Waals surface area contributed by atoms with E-state index in [9.17, 15) is 14.7 Å². The van der Waals surface area contributed by atoms with E-state index >= 15 is 0 Å². The van der Waals surface area contributed by atoms with E-state index < -0.39 is 23.2 Å². The molecule has 2 rings (SSSR count). The van der Waals surface area contributed by atoms with Crippen LogP contribution in [-0.2, 0) is 9.53 Å². The van der Waals surface area contributed by atoms with E-state index in [4.69, 9.17) is 4.74 Å². The summed E-state index contributed by atoms with van der Waals surface area (Å²) in [6.07, 6.45) is -0.527. The van der Waals surface area contributed by atoms with Crippen LogP contribution in [0.1, 0.15) is 41.5 Å². The van der Waals surface area contributed by atoms with Gasteiger partial charge in [-0.1, -0.05) is 13.8 Å². The van der Waals surface area contributed by atoms with Gasteiger partial charge in [-0.05, 0) is 39.0 Å². The Labute approximate surface area is 113 Å². The van der Waals surface area contributed by atoms with Gasteiger partial charge in [-0.25, -0.2) is 9.59 Å². The van der Waals surface area contributed by atoms with Crippen LogP contribution in [0.15, 0.2) is 0 Å². The Hall–Kier alpha value is -1.26. The van der Waals surface area contributed by atoms with E-state index in [0.29, 0.717) is 6.54 Å². The Bertz CT molecular complexity index is 437. The second kappa shape index (κ2) is 3.64. The van der Waals surface area contributed by atoms with Gasteiger partial charge in [-0.2, -0.15) is 0 Å². The number of hydrogen-bond donors (Lipinski definition) is 1. The second-order valence-corrected chi connectivity index (χ2v) is 7.45. The summed E-state index contributed by atoms with van der Waals surface area (Å²) in [5.74, 6) is -0.692. The van der Waals surface area contributed by atoms with Crippen LogP contribution < -0.4 is 0 Å². The molecule has 0 bridgehead atoms. The fourth-order valence-electron chi connectivity index (χ4n) is 3.58. The molecule has 0 spiro atoms. The number of nitrogens with zero attached hydrogens (tertiary/aromatic N) is 1. The number of fused-ring (bicyclic) bond motifs is 1. The van der Waals surface area contributed by atoms with Gasteiger partial charge in [-0.3, -0.25) is 4.90 Å². The summed E-state index contributed by atoms with van der Waals surface area (Å²) in [6, 6.07) is 0. The number of carboxylic acids is 1. The van der Waals surface area contributed by atoms with E-state index in [1.807, 2.05) is 0 Å². The zero-order chi connectivity index (χ0) is 14.8. The van der Waals surface area contributed by atoms with Crippen molar-refractivity contribution < 1.29 is 19.4 Å². The molecular formula is C14H23NO4. The molecule has 0 aromatic carbocycles. The van der Waals surface area contributed by atoms with E-state index in [1.54, 1.807) is 27.7 Å². The molecule has 5 heteroatoms. The molecule has 1 aliphatic heterocycles. The molecule has 1 N–H and O–H groups in total. The minimum absolute atomic E-state index is 0.00465. The number of piperidine rings is 1. The molecule has 1 heterocycles. The van der Waals surface area contributed by atoms with E-state index in [-0.39, 0.29) is 17.3 Å². The SMILES string of the molecule is CC(C)(C)OC(=O)N1C[C@H]2[C@H](C2(C)C)[C@@]1(C)C(=O)O. The number of ether oxygens (including phenoxy) is 1. The number of aliphatic carboxylic acids is 1. The summed E-state index contributed by atoms with van der Waals surface area (Å²) >= 11 is 0. The van der Waals surface area contributed by atoms with Crippen LogP contribution in [0.2, 0.25) is 0 Å². The minimum atomic E-state index is -1.16. The van der Waals surface area contributed by atoms with Crippen molar-refractivity contribution in [1.29, 1.82) is 0 Å². The first-order valence-corrected chi connectivity index (χ1v) is 6.66. The molecule has 3 atom stereocenters. The summed E-state index contributed by atoms with van der Waals surface area (Å²) in [5.41, 5.74) is -1.78. The molecule has 1 saturated heterocycles. The minimum Gasteiger partial charge on any atom is -0.479 e. The first-order chi connectivity index (χ1) is 8.42. The number of carbonyl (C=O) groups is 2. The lowest BCUT2D eigenvalue weighted by Crippen LogP contribution is -2.56. The Morgan fingerprint density at radius 1 is 1.26 bits per heavy atom. The van der Waals surface area contributed by atoms with Crippen molar-refractivity contribution in [2.24, 2.45) is 17.3 Å². The van der Waals surface area contributed by atoms with Gasteiger partial charge in [0.05, 0.1) is 0 Å². The third-order valence-corrected chi connectivity index (χ3v) is 4.64. The Morgan fingerprint density at radius 2 is 1.79 bits per heavy atom. The molecule has 0 aromatic heterocycles. The van der Waals surface area contributed by atoms with Crippen molar-refractivity contribution in [3.8, 4) is 0 Å². The Morgan fingerprint density at radius 3 is 2.21 bits per heavy atom. The highest BCUT2D eigenvalue weighted by Crippen LogP contribution is 2.68. The molecule has 0 aromatic rings. The number of hydrogen-bond acceptors (Lipinski definition) is 3. The van der Waals surface area contributed by atoms with Crippen LogP contribution in [0.4, 0.5) is 4.79 Å². The molecule has 5 nitrogen and oxygen atoms in total. The summed E-state index contributed by atoms with van der Waals surface area (Å²) in [4.78, 5) is 25.3. The quantitative estimate of drug-likeness (QED) is 0.793. The smallest absolute Gasteiger partial charge is 0.411 e. The van der Waals surface area contributed by atoms with Crippen LogP contribution >= 0.6 is 0 Å². The highest BCUT2D eigenvalue weighted by atomic mass is 16.6. The van der Waals surface area contributed by atoms with E-state index in [2.05, 4.69) is 13.8 Å². The first kappa shape index (κ1) is 14.2. The van der Waals surface area contributed by atoms with Gasteiger partial charge < -0.3 is 9.84 Å². The molecule has 1 aliphatic carbocycles. The number of carbonyl (C=O) groups excluding carboxylic acids is 1. The predicted octanol–water partition coefficient (Wildman–Crippen LogP) is 2.35. The fraction of sp³-hybridized carbons (Fsp3) is 0.857. The molecule has 2 aliphatic rings. The van der Waals surface area contributed by atoms with Crippen molar-refractivity contribution in [3.05, 3.63) is 0 Å². The lowest BCUT2D eigenvalue weighted by Gasteiger charge is -2.37.